The van der Waals surface area contributed by atoms with Crippen LogP contribution in [0.25, 0.3) is 11.3 Å². The van der Waals surface area contributed by atoms with Crippen LogP contribution in [0.15, 0.2) is 35.4 Å². The van der Waals surface area contributed by atoms with Crippen molar-refractivity contribution in [3.05, 3.63) is 42.2 Å². The Morgan fingerprint density at radius 3 is 2.48 bits per heavy atom. The zero-order valence-corrected chi connectivity index (χ0v) is 16.9. The predicted octanol–water partition coefficient (Wildman–Crippen LogP) is 2.69. The van der Waals surface area contributed by atoms with Gasteiger partial charge in [0.15, 0.2) is 11.5 Å². The number of rotatable bonds is 9. The van der Waals surface area contributed by atoms with Gasteiger partial charge in [-0.2, -0.15) is 0 Å². The van der Waals surface area contributed by atoms with E-state index in [0.717, 1.165) is 13.0 Å². The average Bonchev–Trinajstić information content (AvgIpc) is 3.39. The summed E-state index contributed by atoms with van der Waals surface area (Å²) >= 11 is 0. The molecule has 3 rings (SSSR count). The van der Waals surface area contributed by atoms with Crippen LogP contribution in [0.1, 0.15) is 22.5 Å². The first-order valence-electron chi connectivity index (χ1n) is 9.09. The van der Waals surface area contributed by atoms with Crippen LogP contribution in [0.5, 0.6) is 17.2 Å². The lowest BCUT2D eigenvalue weighted by atomic mass is 10.0. The number of nitrogens with one attached hydrogen (secondary N) is 1. The molecule has 0 radical (unpaired) electrons. The molecule has 0 aliphatic rings. The van der Waals surface area contributed by atoms with Gasteiger partial charge < -0.3 is 28.6 Å². The molecule has 0 saturated heterocycles. The molecule has 0 atom stereocenters. The number of hydrogen-bond acceptors (Lipinski definition) is 7. The molecule has 1 N–H and O–H groups in total. The molecule has 9 heteroatoms. The van der Waals surface area contributed by atoms with Crippen molar-refractivity contribution in [2.75, 3.05) is 27.9 Å². The molecule has 154 valence electrons. The van der Waals surface area contributed by atoms with E-state index in [4.69, 9.17) is 18.7 Å². The summed E-state index contributed by atoms with van der Waals surface area (Å²) in [6.07, 6.45) is 6.12. The van der Waals surface area contributed by atoms with Crippen LogP contribution in [-0.4, -0.2) is 48.5 Å². The molecule has 0 aliphatic carbocycles. The van der Waals surface area contributed by atoms with Crippen LogP contribution in [0.4, 0.5) is 0 Å². The van der Waals surface area contributed by atoms with Crippen LogP contribution < -0.4 is 19.5 Å². The number of ether oxygens (including phenoxy) is 3. The van der Waals surface area contributed by atoms with Gasteiger partial charge in [0.2, 0.25) is 5.75 Å². The molecule has 0 unspecified atom stereocenters. The number of hydrogen-bond donors (Lipinski definition) is 1. The van der Waals surface area contributed by atoms with Crippen LogP contribution in [0.3, 0.4) is 0 Å². The summed E-state index contributed by atoms with van der Waals surface area (Å²) in [6, 6.07) is 3.46. The van der Waals surface area contributed by atoms with Gasteiger partial charge >= 0.3 is 0 Å². The number of carbonyl (C=O) groups is 1. The number of imidazole rings is 1. The Labute approximate surface area is 168 Å². The predicted molar refractivity (Wildman–Crippen MR) is 106 cm³/mol. The molecule has 2 aromatic heterocycles. The Hall–Kier alpha value is -3.49. The fraction of sp³-hybridized carbons (Fsp3) is 0.350. The van der Waals surface area contributed by atoms with Gasteiger partial charge in [0.1, 0.15) is 17.0 Å². The Bertz CT molecular complexity index is 940. The van der Waals surface area contributed by atoms with Crippen molar-refractivity contribution in [2.24, 2.45) is 0 Å². The quantitative estimate of drug-likeness (QED) is 0.551. The number of carbonyl (C=O) groups excluding carboxylic acids is 1. The van der Waals surface area contributed by atoms with E-state index in [1.165, 1.54) is 21.3 Å². The molecule has 1 amide bonds. The smallest absolute Gasteiger partial charge is 0.257 e. The van der Waals surface area contributed by atoms with E-state index in [1.54, 1.807) is 31.6 Å². The van der Waals surface area contributed by atoms with Crippen molar-refractivity contribution in [3.63, 3.8) is 0 Å². The first kappa shape index (κ1) is 20.2. The van der Waals surface area contributed by atoms with Crippen molar-refractivity contribution in [1.29, 1.82) is 0 Å². The molecule has 0 aliphatic heterocycles. The maximum atomic E-state index is 12.8. The van der Waals surface area contributed by atoms with Crippen molar-refractivity contribution in [2.45, 2.75) is 19.9 Å². The lowest BCUT2D eigenvalue weighted by Gasteiger charge is -2.13. The van der Waals surface area contributed by atoms with Crippen LogP contribution in [0.2, 0.25) is 0 Å². The van der Waals surface area contributed by atoms with E-state index in [2.05, 4.69) is 15.5 Å². The standard InChI is InChI=1S/C20H24N4O5/c1-13-17(20(25)22-6-5-8-24-9-7-21-12-24)18(23-29-13)14-10-15(26-2)19(28-4)16(11-14)27-3/h7,9-12H,5-6,8H2,1-4H3,(H,22,25). The number of aryl methyl sites for hydroxylation is 2. The lowest BCUT2D eigenvalue weighted by molar-refractivity contribution is 0.0951. The van der Waals surface area contributed by atoms with Crippen molar-refractivity contribution in [3.8, 4) is 28.5 Å². The van der Waals surface area contributed by atoms with Gasteiger partial charge in [0.05, 0.1) is 27.7 Å². The zero-order valence-electron chi connectivity index (χ0n) is 16.9. The summed E-state index contributed by atoms with van der Waals surface area (Å²) in [7, 11) is 4.59. The Morgan fingerprint density at radius 2 is 1.90 bits per heavy atom. The van der Waals surface area contributed by atoms with Gasteiger partial charge in [-0.15, -0.1) is 0 Å². The third-order valence-electron chi connectivity index (χ3n) is 4.47. The second-order valence-corrected chi connectivity index (χ2v) is 6.29. The van der Waals surface area contributed by atoms with E-state index >= 15 is 0 Å². The Morgan fingerprint density at radius 1 is 1.17 bits per heavy atom. The highest BCUT2D eigenvalue weighted by Crippen LogP contribution is 2.41. The van der Waals surface area contributed by atoms with Crippen LogP contribution in [-0.2, 0) is 6.54 Å². The minimum atomic E-state index is -0.252. The largest absolute Gasteiger partial charge is 0.493 e. The van der Waals surface area contributed by atoms with Crippen LogP contribution in [0, 0.1) is 6.92 Å². The normalized spacial score (nSPS) is 10.6. The van der Waals surface area contributed by atoms with E-state index < -0.39 is 0 Å². The van der Waals surface area contributed by atoms with E-state index in [-0.39, 0.29) is 5.91 Å². The van der Waals surface area contributed by atoms with Crippen molar-refractivity contribution in [1.82, 2.24) is 20.0 Å². The maximum absolute atomic E-state index is 12.8. The number of nitrogens with zero attached hydrogens (tertiary/aromatic N) is 3. The third-order valence-corrected chi connectivity index (χ3v) is 4.47. The van der Waals surface area contributed by atoms with E-state index in [1.807, 2.05) is 10.8 Å². The van der Waals surface area contributed by atoms with Gasteiger partial charge in [-0.3, -0.25) is 4.79 Å². The van der Waals surface area contributed by atoms with Gasteiger partial charge in [-0.25, -0.2) is 4.98 Å². The van der Waals surface area contributed by atoms with Gasteiger partial charge in [-0.05, 0) is 25.5 Å². The fourth-order valence-electron chi connectivity index (χ4n) is 3.03. The van der Waals surface area contributed by atoms with Gasteiger partial charge in [-0.1, -0.05) is 5.16 Å². The molecule has 1 aromatic carbocycles. The molecule has 0 spiro atoms. The minimum absolute atomic E-state index is 0.252. The van der Waals surface area contributed by atoms with E-state index in [9.17, 15) is 4.79 Å². The zero-order chi connectivity index (χ0) is 20.8. The summed E-state index contributed by atoms with van der Waals surface area (Å²) in [6.45, 7) is 2.98. The highest BCUT2D eigenvalue weighted by atomic mass is 16.5. The monoisotopic (exact) mass is 400 g/mol. The molecule has 3 aromatic rings. The van der Waals surface area contributed by atoms with Crippen molar-refractivity contribution < 1.29 is 23.5 Å². The molecule has 0 saturated carbocycles. The molecule has 29 heavy (non-hydrogen) atoms. The number of amides is 1. The second-order valence-electron chi connectivity index (χ2n) is 6.29. The Balaban J connectivity index is 1.81. The summed E-state index contributed by atoms with van der Waals surface area (Å²) in [5.74, 6) is 1.58. The van der Waals surface area contributed by atoms with E-state index in [0.29, 0.717) is 46.4 Å². The highest BCUT2D eigenvalue weighted by molar-refractivity contribution is 6.01. The van der Waals surface area contributed by atoms with Gasteiger partial charge in [0, 0.05) is 31.0 Å². The molecular formula is C20H24N4O5. The highest BCUT2D eigenvalue weighted by Gasteiger charge is 2.24. The first-order chi connectivity index (χ1) is 14.1. The molecule has 2 heterocycles. The fourth-order valence-corrected chi connectivity index (χ4v) is 3.03. The molecular weight excluding hydrogens is 376 g/mol. The molecule has 0 fully saturated rings. The third kappa shape index (κ3) is 4.34. The number of methoxy groups -OCH3 is 3. The second kappa shape index (κ2) is 9.13. The Kier molecular flexibility index (Phi) is 6.38. The maximum Gasteiger partial charge on any atom is 0.257 e. The summed E-state index contributed by atoms with van der Waals surface area (Å²) in [5, 5.41) is 7.00. The summed E-state index contributed by atoms with van der Waals surface area (Å²) < 4.78 is 23.4. The topological polar surface area (TPSA) is 101 Å². The van der Waals surface area contributed by atoms with Crippen molar-refractivity contribution >= 4 is 5.91 Å². The summed E-state index contributed by atoms with van der Waals surface area (Å²) in [5.41, 5.74) is 1.41. The minimum Gasteiger partial charge on any atom is -0.493 e. The SMILES string of the molecule is COc1cc(-c2noc(C)c2C(=O)NCCCn2ccnc2)cc(OC)c1OC. The van der Waals surface area contributed by atoms with Gasteiger partial charge in [0.25, 0.3) is 5.91 Å². The number of benzene rings is 1. The lowest BCUT2D eigenvalue weighted by Crippen LogP contribution is -2.26. The number of aromatic nitrogens is 3. The summed E-state index contributed by atoms with van der Waals surface area (Å²) in [4.78, 5) is 16.8. The molecule has 0 bridgehead atoms. The van der Waals surface area contributed by atoms with Crippen LogP contribution >= 0.6 is 0 Å². The first-order valence-corrected chi connectivity index (χ1v) is 9.09. The molecule has 9 nitrogen and oxygen atoms in total. The average molecular weight is 400 g/mol.